The summed E-state index contributed by atoms with van der Waals surface area (Å²) in [6.45, 7) is 3.06. The molecule has 2 aliphatic heterocycles. The predicted molar refractivity (Wildman–Crippen MR) is 107 cm³/mol. The molecule has 0 aliphatic carbocycles. The van der Waals surface area contributed by atoms with Crippen LogP contribution in [0.4, 0.5) is 0 Å². The van der Waals surface area contributed by atoms with E-state index in [0.29, 0.717) is 31.5 Å². The van der Waals surface area contributed by atoms with Crippen LogP contribution in [0.5, 0.6) is 0 Å². The molecule has 2 atom stereocenters. The highest BCUT2D eigenvalue weighted by atomic mass is 16.2. The number of fused-ring (bicyclic) bond motifs is 1. The number of carbonyl (C=O) groups is 3. The minimum atomic E-state index is -0.434. The number of nitrogens with zero attached hydrogens (tertiary/aromatic N) is 1. The van der Waals surface area contributed by atoms with Crippen LogP contribution < -0.4 is 10.6 Å². The van der Waals surface area contributed by atoms with Crippen molar-refractivity contribution >= 4 is 28.5 Å². The second-order valence-electron chi connectivity index (χ2n) is 7.99. The Balaban J connectivity index is 1.43. The number of nitrogens with one attached hydrogen (secondary N) is 2. The van der Waals surface area contributed by atoms with Crippen molar-refractivity contribution in [2.75, 3.05) is 13.1 Å². The second-order valence-corrected chi connectivity index (χ2v) is 7.99. The van der Waals surface area contributed by atoms with E-state index in [2.05, 4.69) is 10.6 Å². The Morgan fingerprint density at radius 1 is 1.21 bits per heavy atom. The first kappa shape index (κ1) is 18.5. The number of amides is 3. The van der Waals surface area contributed by atoms with Crippen molar-refractivity contribution in [2.45, 2.75) is 44.2 Å². The van der Waals surface area contributed by atoms with Crippen LogP contribution in [-0.2, 0) is 9.59 Å². The molecule has 2 N–H and O–H groups in total. The third kappa shape index (κ3) is 3.46. The zero-order valence-corrected chi connectivity index (χ0v) is 16.0. The van der Waals surface area contributed by atoms with Crippen molar-refractivity contribution in [2.24, 2.45) is 0 Å². The number of benzene rings is 2. The molecule has 1 unspecified atom stereocenters. The molecular weight excluding hydrogens is 354 g/mol. The van der Waals surface area contributed by atoms with Gasteiger partial charge in [0.15, 0.2) is 0 Å². The average Bonchev–Trinajstić information content (AvgIpc) is 3.31. The number of likely N-dealkylation sites (tertiary alicyclic amines) is 1. The van der Waals surface area contributed by atoms with Crippen molar-refractivity contribution in [1.29, 1.82) is 0 Å². The summed E-state index contributed by atoms with van der Waals surface area (Å²) in [5, 5.41) is 7.89. The van der Waals surface area contributed by atoms with Gasteiger partial charge >= 0.3 is 0 Å². The van der Waals surface area contributed by atoms with Crippen molar-refractivity contribution in [3.05, 3.63) is 48.0 Å². The van der Waals surface area contributed by atoms with Gasteiger partial charge < -0.3 is 15.5 Å². The molecule has 2 aromatic rings. The van der Waals surface area contributed by atoms with Crippen molar-refractivity contribution in [1.82, 2.24) is 15.5 Å². The lowest BCUT2D eigenvalue weighted by Crippen LogP contribution is -2.56. The average molecular weight is 379 g/mol. The molecule has 0 saturated carbocycles. The molecule has 0 aromatic heterocycles. The van der Waals surface area contributed by atoms with Gasteiger partial charge in [0, 0.05) is 25.1 Å². The molecule has 0 radical (unpaired) electrons. The van der Waals surface area contributed by atoms with Crippen molar-refractivity contribution in [3.63, 3.8) is 0 Å². The molecule has 28 heavy (non-hydrogen) atoms. The third-order valence-electron chi connectivity index (χ3n) is 5.95. The van der Waals surface area contributed by atoms with E-state index in [0.717, 1.165) is 23.6 Å². The van der Waals surface area contributed by atoms with Gasteiger partial charge in [-0.25, -0.2) is 0 Å². The molecule has 2 aromatic carbocycles. The van der Waals surface area contributed by atoms with E-state index in [9.17, 15) is 14.4 Å². The van der Waals surface area contributed by atoms with Crippen LogP contribution in [0.2, 0.25) is 0 Å². The van der Waals surface area contributed by atoms with Gasteiger partial charge in [-0.2, -0.15) is 0 Å². The van der Waals surface area contributed by atoms with Gasteiger partial charge in [0.2, 0.25) is 11.8 Å². The minimum Gasteiger partial charge on any atom is -0.350 e. The SMILES string of the molecule is CC1(CNC(=O)c2ccc3ccccc3c2)CCCN1C(=O)[C@@H]1CCC(=O)N1. The lowest BCUT2D eigenvalue weighted by Gasteiger charge is -2.37. The molecule has 146 valence electrons. The fraction of sp³-hybridized carbons (Fsp3) is 0.409. The van der Waals surface area contributed by atoms with Crippen LogP contribution in [0.1, 0.15) is 43.0 Å². The van der Waals surface area contributed by atoms with Gasteiger partial charge in [0.25, 0.3) is 5.91 Å². The smallest absolute Gasteiger partial charge is 0.251 e. The summed E-state index contributed by atoms with van der Waals surface area (Å²) >= 11 is 0. The fourth-order valence-corrected chi connectivity index (χ4v) is 4.27. The fourth-order valence-electron chi connectivity index (χ4n) is 4.27. The first-order chi connectivity index (χ1) is 13.5. The number of carbonyl (C=O) groups excluding carboxylic acids is 3. The Bertz CT molecular complexity index is 942. The molecule has 0 spiro atoms. The summed E-state index contributed by atoms with van der Waals surface area (Å²) in [7, 11) is 0. The zero-order valence-electron chi connectivity index (χ0n) is 16.0. The van der Waals surface area contributed by atoms with Crippen LogP contribution >= 0.6 is 0 Å². The first-order valence-corrected chi connectivity index (χ1v) is 9.84. The van der Waals surface area contributed by atoms with Crippen molar-refractivity contribution < 1.29 is 14.4 Å². The van der Waals surface area contributed by atoms with Gasteiger partial charge in [-0.3, -0.25) is 14.4 Å². The summed E-state index contributed by atoms with van der Waals surface area (Å²) in [5.41, 5.74) is 0.179. The monoisotopic (exact) mass is 379 g/mol. The topological polar surface area (TPSA) is 78.5 Å². The lowest BCUT2D eigenvalue weighted by molar-refractivity contribution is -0.137. The normalized spacial score (nSPS) is 24.4. The van der Waals surface area contributed by atoms with Crippen LogP contribution in [0, 0.1) is 0 Å². The molecule has 2 saturated heterocycles. The van der Waals surface area contributed by atoms with Crippen LogP contribution in [0.3, 0.4) is 0 Å². The Hall–Kier alpha value is -2.89. The van der Waals surface area contributed by atoms with Crippen LogP contribution in [0.25, 0.3) is 10.8 Å². The van der Waals surface area contributed by atoms with E-state index in [-0.39, 0.29) is 17.7 Å². The van der Waals surface area contributed by atoms with Crippen LogP contribution in [0.15, 0.2) is 42.5 Å². The standard InChI is InChI=1S/C22H25N3O3/c1-22(11-4-12-25(22)21(28)18-9-10-19(26)24-18)14-23-20(27)17-8-7-15-5-2-3-6-16(15)13-17/h2-3,5-8,13,18H,4,9-12,14H2,1H3,(H,23,27)(H,24,26)/t18-,22?/m0/s1. The molecule has 2 fully saturated rings. The second kappa shape index (κ2) is 7.26. The minimum absolute atomic E-state index is 0.0363. The summed E-state index contributed by atoms with van der Waals surface area (Å²) in [6, 6.07) is 13.2. The Labute approximate surface area is 164 Å². The molecule has 2 heterocycles. The van der Waals surface area contributed by atoms with Gasteiger partial charge in [0.05, 0.1) is 5.54 Å². The molecule has 6 nitrogen and oxygen atoms in total. The maximum atomic E-state index is 12.9. The quantitative estimate of drug-likeness (QED) is 0.855. The van der Waals surface area contributed by atoms with Gasteiger partial charge in [0.1, 0.15) is 6.04 Å². The summed E-state index contributed by atoms with van der Waals surface area (Å²) in [6.07, 6.45) is 2.68. The largest absolute Gasteiger partial charge is 0.350 e. The van der Waals surface area contributed by atoms with Gasteiger partial charge in [-0.15, -0.1) is 0 Å². The molecular formula is C22H25N3O3. The van der Waals surface area contributed by atoms with Gasteiger partial charge in [-0.05, 0) is 49.1 Å². The maximum absolute atomic E-state index is 12.9. The van der Waals surface area contributed by atoms with E-state index >= 15 is 0 Å². The highest BCUT2D eigenvalue weighted by Crippen LogP contribution is 2.30. The lowest BCUT2D eigenvalue weighted by atomic mass is 9.97. The molecule has 0 bridgehead atoms. The summed E-state index contributed by atoms with van der Waals surface area (Å²) < 4.78 is 0. The maximum Gasteiger partial charge on any atom is 0.251 e. The number of rotatable bonds is 4. The Kier molecular flexibility index (Phi) is 4.79. The van der Waals surface area contributed by atoms with E-state index in [1.165, 1.54) is 0 Å². The van der Waals surface area contributed by atoms with Crippen molar-refractivity contribution in [3.8, 4) is 0 Å². The molecule has 2 aliphatic rings. The number of hydrogen-bond donors (Lipinski definition) is 2. The summed E-state index contributed by atoms with van der Waals surface area (Å²) in [4.78, 5) is 38.9. The molecule has 6 heteroatoms. The van der Waals surface area contributed by atoms with Crippen LogP contribution in [-0.4, -0.2) is 47.3 Å². The Morgan fingerprint density at radius 3 is 2.75 bits per heavy atom. The summed E-state index contributed by atoms with van der Waals surface area (Å²) in [5.74, 6) is -0.241. The van der Waals surface area contributed by atoms with E-state index in [1.54, 1.807) is 0 Å². The first-order valence-electron chi connectivity index (χ1n) is 9.84. The van der Waals surface area contributed by atoms with Gasteiger partial charge in [-0.1, -0.05) is 30.3 Å². The third-order valence-corrected chi connectivity index (χ3v) is 5.95. The Morgan fingerprint density at radius 2 is 2.00 bits per heavy atom. The highest BCUT2D eigenvalue weighted by Gasteiger charge is 2.43. The van der Waals surface area contributed by atoms with E-state index < -0.39 is 11.6 Å². The predicted octanol–water partition coefficient (Wildman–Crippen LogP) is 2.23. The number of hydrogen-bond acceptors (Lipinski definition) is 3. The van der Waals surface area contributed by atoms with E-state index in [4.69, 9.17) is 0 Å². The van der Waals surface area contributed by atoms with E-state index in [1.807, 2.05) is 54.3 Å². The highest BCUT2D eigenvalue weighted by molar-refractivity contribution is 5.98. The molecule has 4 rings (SSSR count). The molecule has 3 amide bonds. The zero-order chi connectivity index (χ0) is 19.7.